The molecule has 75 heavy (non-hydrogen) atoms. The van der Waals surface area contributed by atoms with Crippen molar-refractivity contribution in [1.29, 1.82) is 0 Å². The molecule has 2 nitrogen and oxygen atoms in total. The third-order valence-electron chi connectivity index (χ3n) is 17.4. The molecule has 15 rings (SSSR count). The van der Waals surface area contributed by atoms with Crippen LogP contribution in [0, 0.1) is 41.5 Å². The molecule has 0 saturated heterocycles. The third-order valence-corrected chi connectivity index (χ3v) is 17.4. The predicted octanol–water partition coefficient (Wildman–Crippen LogP) is 20.9. The fourth-order valence-corrected chi connectivity index (χ4v) is 14.5. The summed E-state index contributed by atoms with van der Waals surface area (Å²) in [5, 5.41) is 20.8. The Kier molecular flexibility index (Phi) is 9.15. The van der Waals surface area contributed by atoms with E-state index in [1.54, 1.807) is 0 Å². The highest BCUT2D eigenvalue weighted by Gasteiger charge is 2.38. The van der Waals surface area contributed by atoms with Crippen LogP contribution >= 0.6 is 0 Å². The number of rotatable bonds is 6. The summed E-state index contributed by atoms with van der Waals surface area (Å²) in [6, 6.07) is 74.5. The van der Waals surface area contributed by atoms with Gasteiger partial charge in [0.05, 0.1) is 22.7 Å². The van der Waals surface area contributed by atoms with Gasteiger partial charge < -0.3 is 9.80 Å². The van der Waals surface area contributed by atoms with Crippen LogP contribution in [0.1, 0.15) is 58.4 Å². The Morgan fingerprint density at radius 1 is 0.293 bits per heavy atom. The highest BCUT2D eigenvalue weighted by molar-refractivity contribution is 6.35. The second-order valence-corrected chi connectivity index (χ2v) is 22.4. The lowest BCUT2D eigenvalue weighted by molar-refractivity contribution is 0.660. The first kappa shape index (κ1) is 43.8. The van der Waals surface area contributed by atoms with Gasteiger partial charge in [-0.25, -0.2) is 0 Å². The van der Waals surface area contributed by atoms with Gasteiger partial charge in [0.15, 0.2) is 0 Å². The summed E-state index contributed by atoms with van der Waals surface area (Å²) in [7, 11) is 0. The molecule has 1 aliphatic rings. The second-order valence-electron chi connectivity index (χ2n) is 22.4. The van der Waals surface area contributed by atoms with Gasteiger partial charge in [-0.1, -0.05) is 183 Å². The van der Waals surface area contributed by atoms with Crippen LogP contribution in [0.5, 0.6) is 0 Å². The number of anilines is 6. The van der Waals surface area contributed by atoms with Crippen LogP contribution in [0.2, 0.25) is 0 Å². The zero-order chi connectivity index (χ0) is 50.8. The smallest absolute Gasteiger partial charge is 0.0540 e. The van der Waals surface area contributed by atoms with E-state index in [-0.39, 0.29) is 5.41 Å². The Hall–Kier alpha value is -8.72. The van der Waals surface area contributed by atoms with Crippen molar-refractivity contribution in [2.75, 3.05) is 9.80 Å². The molecule has 0 radical (unpaired) electrons. The topological polar surface area (TPSA) is 6.48 Å². The molecule has 0 unspecified atom stereocenters. The molecule has 0 N–H and O–H groups in total. The third kappa shape index (κ3) is 6.08. The van der Waals surface area contributed by atoms with Crippen molar-refractivity contribution >= 4 is 120 Å². The monoisotopic (exact) mass is 960 g/mol. The quantitative estimate of drug-likeness (QED) is 0.121. The first-order chi connectivity index (χ1) is 36.4. The Morgan fingerprint density at radius 2 is 0.600 bits per heavy atom. The summed E-state index contributed by atoms with van der Waals surface area (Å²) in [5.74, 6) is 0. The fraction of sp³-hybridized carbons (Fsp3) is 0.123. The van der Waals surface area contributed by atoms with Crippen molar-refractivity contribution in [3.63, 3.8) is 0 Å². The van der Waals surface area contributed by atoms with Crippen LogP contribution in [0.3, 0.4) is 0 Å². The van der Waals surface area contributed by atoms with Gasteiger partial charge in [0.25, 0.3) is 0 Å². The number of benzene rings is 14. The van der Waals surface area contributed by atoms with Gasteiger partial charge in [-0.05, 0) is 198 Å². The minimum absolute atomic E-state index is 0.312. The molecular weight excluding hydrogens is 905 g/mol. The zero-order valence-electron chi connectivity index (χ0n) is 43.9. The number of hydrogen-bond donors (Lipinski definition) is 0. The fourth-order valence-electron chi connectivity index (χ4n) is 14.5. The van der Waals surface area contributed by atoms with Gasteiger partial charge in [-0.3, -0.25) is 0 Å². The lowest BCUT2D eigenvalue weighted by atomic mass is 9.82. The zero-order valence-corrected chi connectivity index (χ0v) is 43.9. The summed E-state index contributed by atoms with van der Waals surface area (Å²) in [6.45, 7) is 18.4. The lowest BCUT2D eigenvalue weighted by Crippen LogP contribution is -2.19. The normalized spacial score (nSPS) is 13.2. The molecule has 0 amide bonds. The number of aryl methyl sites for hydroxylation is 6. The summed E-state index contributed by atoms with van der Waals surface area (Å²) < 4.78 is 0. The van der Waals surface area contributed by atoms with Gasteiger partial charge in [0.1, 0.15) is 0 Å². The largest absolute Gasteiger partial charge is 0.309 e. The lowest BCUT2D eigenvalue weighted by Gasteiger charge is -2.32. The molecule has 14 aromatic rings. The molecule has 0 spiro atoms. The predicted molar refractivity (Wildman–Crippen MR) is 324 cm³/mol. The molecule has 0 aliphatic heterocycles. The highest BCUT2D eigenvalue weighted by Crippen LogP contribution is 2.55. The van der Waals surface area contributed by atoms with Crippen LogP contribution in [0.4, 0.5) is 34.1 Å². The van der Waals surface area contributed by atoms with Crippen LogP contribution < -0.4 is 9.80 Å². The van der Waals surface area contributed by atoms with Crippen molar-refractivity contribution in [2.24, 2.45) is 0 Å². The van der Waals surface area contributed by atoms with Crippen molar-refractivity contribution in [1.82, 2.24) is 0 Å². The van der Waals surface area contributed by atoms with Gasteiger partial charge in [-0.2, -0.15) is 0 Å². The molecule has 0 aromatic heterocycles. The van der Waals surface area contributed by atoms with Gasteiger partial charge in [0.2, 0.25) is 0 Å². The van der Waals surface area contributed by atoms with E-state index in [0.717, 1.165) is 11.4 Å². The van der Waals surface area contributed by atoms with Gasteiger partial charge in [-0.15, -0.1) is 0 Å². The van der Waals surface area contributed by atoms with E-state index in [9.17, 15) is 0 Å². The van der Waals surface area contributed by atoms with Crippen molar-refractivity contribution in [2.45, 2.75) is 60.8 Å². The minimum atomic E-state index is -0.312. The van der Waals surface area contributed by atoms with E-state index >= 15 is 0 Å². The SMILES string of the molecule is Cc1cc(C)c(N(c2ccc3c(c2)C(C)(C)c2cc(N(c4c(C)cc(C)cc4C)c4ccc5c6cccc7cccc(c8cccc4c85)c76)ccc2-3)c2ccc3c4cccc5cccc(c6cccc2c63)c54)c(C)c1. The first-order valence-electron chi connectivity index (χ1n) is 26.7. The highest BCUT2D eigenvalue weighted by atomic mass is 15.2. The van der Waals surface area contributed by atoms with E-state index in [2.05, 4.69) is 259 Å². The van der Waals surface area contributed by atoms with Crippen LogP contribution in [-0.2, 0) is 5.41 Å². The van der Waals surface area contributed by atoms with E-state index in [1.807, 2.05) is 0 Å². The molecule has 1 aliphatic carbocycles. The molecule has 358 valence electrons. The molecule has 14 aromatic carbocycles. The van der Waals surface area contributed by atoms with Crippen molar-refractivity contribution in [3.8, 4) is 11.1 Å². The van der Waals surface area contributed by atoms with Gasteiger partial charge >= 0.3 is 0 Å². The summed E-state index contributed by atoms with van der Waals surface area (Å²) >= 11 is 0. The first-order valence-corrected chi connectivity index (χ1v) is 26.7. The Labute approximate surface area is 438 Å². The van der Waals surface area contributed by atoms with E-state index in [0.29, 0.717) is 0 Å². The van der Waals surface area contributed by atoms with Gasteiger partial charge in [0, 0.05) is 27.6 Å². The Bertz CT molecular complexity index is 4310. The molecule has 2 heteroatoms. The Balaban J connectivity index is 0.924. The van der Waals surface area contributed by atoms with Crippen LogP contribution in [0.15, 0.2) is 194 Å². The standard InChI is InChI=1S/C73H56N2/c1-41-35-43(3)71(44(4)36-41)74(65-33-31-59-55-21-11-17-47-15-9-19-53(67(47)55)57-23-13-25-61(65)69(57)59)49-27-29-51-52-30-28-50(40-64(52)73(7,8)63(51)39-49)75(72-45(5)37-42(2)38-46(72)6)66-34-32-60-56-22-12-18-48-16-10-20-54(68(48)56)58-24-14-26-62(66)70(58)60/h9-40H,1-8H3. The van der Waals surface area contributed by atoms with Crippen molar-refractivity contribution in [3.05, 3.63) is 239 Å². The number of hydrogen-bond acceptors (Lipinski definition) is 2. The summed E-state index contributed by atoms with van der Waals surface area (Å²) in [6.07, 6.45) is 0. The van der Waals surface area contributed by atoms with Crippen LogP contribution in [-0.4, -0.2) is 0 Å². The molecular formula is C73H56N2. The number of fused-ring (bicyclic) bond motifs is 7. The average Bonchev–Trinajstić information content (AvgIpc) is 3.64. The summed E-state index contributed by atoms with van der Waals surface area (Å²) in [4.78, 5) is 5.14. The Morgan fingerprint density at radius 3 is 0.960 bits per heavy atom. The molecule has 0 atom stereocenters. The molecule has 0 heterocycles. The van der Waals surface area contributed by atoms with Crippen molar-refractivity contribution < 1.29 is 0 Å². The van der Waals surface area contributed by atoms with E-state index < -0.39 is 0 Å². The molecule has 0 bridgehead atoms. The maximum Gasteiger partial charge on any atom is 0.0540 e. The molecule has 0 fully saturated rings. The minimum Gasteiger partial charge on any atom is -0.309 e. The maximum absolute atomic E-state index is 2.57. The van der Waals surface area contributed by atoms with Crippen LogP contribution in [0.25, 0.3) is 97.3 Å². The van der Waals surface area contributed by atoms with E-state index in [4.69, 9.17) is 0 Å². The molecule has 0 saturated carbocycles. The second kappa shape index (κ2) is 15.7. The maximum atomic E-state index is 2.57. The van der Waals surface area contributed by atoms with E-state index in [1.165, 1.54) is 165 Å². The average molecular weight is 961 g/mol. The number of nitrogens with zero attached hydrogens (tertiary/aromatic N) is 2. The summed E-state index contributed by atoms with van der Waals surface area (Å²) in [5.41, 5.74) is 19.7.